The fourth-order valence-corrected chi connectivity index (χ4v) is 5.45. The number of carbonyl (C=O) groups is 1. The molecular weight excluding hydrogens is 514 g/mol. The standard InChI is InChI=1S/C30H32BrN3O2/c1-20(2)25-13-12-21(3)16-28(25)36-15-7-14-33-27-11-5-4-10-26(27)32-30(33)22-17-29(35)34(19-22)24-9-6-8-23(31)18-24/h4-6,8-13,16,18,20,22H,7,14-15,17,19H2,1-3H3. The lowest BCUT2D eigenvalue weighted by atomic mass is 10.0. The highest BCUT2D eigenvalue weighted by Crippen LogP contribution is 2.34. The highest BCUT2D eigenvalue weighted by Gasteiger charge is 2.34. The third-order valence-corrected chi connectivity index (χ3v) is 7.36. The van der Waals surface area contributed by atoms with Gasteiger partial charge in [0.1, 0.15) is 11.6 Å². The van der Waals surface area contributed by atoms with Gasteiger partial charge in [0, 0.05) is 35.6 Å². The minimum atomic E-state index is 0.0501. The maximum atomic E-state index is 13.0. The third-order valence-electron chi connectivity index (χ3n) is 6.87. The Labute approximate surface area is 221 Å². The SMILES string of the molecule is Cc1ccc(C(C)C)c(OCCCn2c(C3CC(=O)N(c4cccc(Br)c4)C3)nc3ccccc32)c1. The number of ether oxygens (including phenoxy) is 1. The van der Waals surface area contributed by atoms with Gasteiger partial charge in [-0.05, 0) is 66.8 Å². The highest BCUT2D eigenvalue weighted by atomic mass is 79.9. The molecule has 0 bridgehead atoms. The third kappa shape index (κ3) is 5.05. The van der Waals surface area contributed by atoms with Gasteiger partial charge in [0.2, 0.25) is 5.91 Å². The van der Waals surface area contributed by atoms with E-state index in [-0.39, 0.29) is 11.8 Å². The lowest BCUT2D eigenvalue weighted by molar-refractivity contribution is -0.117. The minimum Gasteiger partial charge on any atom is -0.493 e. The van der Waals surface area contributed by atoms with Gasteiger partial charge in [-0.3, -0.25) is 4.79 Å². The van der Waals surface area contributed by atoms with Crippen molar-refractivity contribution in [3.05, 3.63) is 88.2 Å². The number of halogens is 1. The fourth-order valence-electron chi connectivity index (χ4n) is 5.06. The Kier molecular flexibility index (Phi) is 7.15. The quantitative estimate of drug-likeness (QED) is 0.219. The van der Waals surface area contributed by atoms with Crippen LogP contribution >= 0.6 is 15.9 Å². The van der Waals surface area contributed by atoms with Gasteiger partial charge in [-0.15, -0.1) is 0 Å². The van der Waals surface area contributed by atoms with Crippen molar-refractivity contribution >= 4 is 38.6 Å². The van der Waals surface area contributed by atoms with Crippen LogP contribution in [0, 0.1) is 6.92 Å². The van der Waals surface area contributed by atoms with Crippen LogP contribution in [0.15, 0.2) is 71.2 Å². The van der Waals surface area contributed by atoms with Crippen LogP contribution in [-0.2, 0) is 11.3 Å². The van der Waals surface area contributed by atoms with E-state index in [0.29, 0.717) is 25.5 Å². The second kappa shape index (κ2) is 10.5. The summed E-state index contributed by atoms with van der Waals surface area (Å²) in [5.74, 6) is 2.57. The summed E-state index contributed by atoms with van der Waals surface area (Å²) in [6.07, 6.45) is 1.32. The number of anilines is 1. The van der Waals surface area contributed by atoms with Gasteiger partial charge in [-0.2, -0.15) is 0 Å². The van der Waals surface area contributed by atoms with Gasteiger partial charge in [0.05, 0.1) is 17.6 Å². The molecule has 1 amide bonds. The number of amides is 1. The molecule has 4 aromatic rings. The molecule has 1 unspecified atom stereocenters. The van der Waals surface area contributed by atoms with Crippen molar-refractivity contribution in [3.8, 4) is 5.75 Å². The summed E-state index contributed by atoms with van der Waals surface area (Å²) in [4.78, 5) is 19.9. The van der Waals surface area contributed by atoms with E-state index in [0.717, 1.165) is 45.7 Å². The number of rotatable bonds is 8. The zero-order valence-electron chi connectivity index (χ0n) is 21.1. The number of aryl methyl sites for hydroxylation is 2. The van der Waals surface area contributed by atoms with Crippen molar-refractivity contribution in [2.45, 2.75) is 52.0 Å². The summed E-state index contributed by atoms with van der Waals surface area (Å²) >= 11 is 3.53. The molecule has 0 N–H and O–H groups in total. The van der Waals surface area contributed by atoms with E-state index in [2.05, 4.69) is 77.7 Å². The van der Waals surface area contributed by atoms with Crippen LogP contribution < -0.4 is 9.64 Å². The predicted molar refractivity (Wildman–Crippen MR) is 149 cm³/mol. The average Bonchev–Trinajstić information content (AvgIpc) is 3.42. The van der Waals surface area contributed by atoms with Crippen LogP contribution in [0.3, 0.4) is 0 Å². The van der Waals surface area contributed by atoms with Gasteiger partial charge < -0.3 is 14.2 Å². The fraction of sp³-hybridized carbons (Fsp3) is 0.333. The van der Waals surface area contributed by atoms with E-state index in [4.69, 9.17) is 9.72 Å². The first-order chi connectivity index (χ1) is 17.4. The molecule has 5 rings (SSSR count). The number of aromatic nitrogens is 2. The normalized spacial score (nSPS) is 15.9. The predicted octanol–water partition coefficient (Wildman–Crippen LogP) is 7.22. The molecule has 1 saturated heterocycles. The molecule has 1 aliphatic heterocycles. The molecule has 1 aliphatic rings. The number of nitrogens with zero attached hydrogens (tertiary/aromatic N) is 3. The molecule has 6 heteroatoms. The van der Waals surface area contributed by atoms with Gasteiger partial charge in [-0.1, -0.05) is 60.1 Å². The number of fused-ring (bicyclic) bond motifs is 1. The molecule has 186 valence electrons. The van der Waals surface area contributed by atoms with E-state index in [9.17, 15) is 4.79 Å². The Balaban J connectivity index is 1.34. The number of carbonyl (C=O) groups excluding carboxylic acids is 1. The molecule has 1 fully saturated rings. The molecule has 0 saturated carbocycles. The number of benzene rings is 3. The van der Waals surface area contributed by atoms with Crippen molar-refractivity contribution in [2.24, 2.45) is 0 Å². The Morgan fingerprint density at radius 1 is 1.08 bits per heavy atom. The van der Waals surface area contributed by atoms with Crippen molar-refractivity contribution in [2.75, 3.05) is 18.1 Å². The number of imidazole rings is 1. The van der Waals surface area contributed by atoms with Crippen LogP contribution in [-0.4, -0.2) is 28.6 Å². The van der Waals surface area contributed by atoms with E-state index in [1.807, 2.05) is 35.2 Å². The average molecular weight is 547 g/mol. The number of para-hydroxylation sites is 2. The van der Waals surface area contributed by atoms with Crippen molar-refractivity contribution < 1.29 is 9.53 Å². The van der Waals surface area contributed by atoms with Crippen LogP contribution in [0.4, 0.5) is 5.69 Å². The number of hydrogen-bond donors (Lipinski definition) is 0. The summed E-state index contributed by atoms with van der Waals surface area (Å²) in [6.45, 7) is 8.55. The maximum Gasteiger partial charge on any atom is 0.227 e. The molecule has 0 spiro atoms. The molecule has 5 nitrogen and oxygen atoms in total. The largest absolute Gasteiger partial charge is 0.493 e. The Morgan fingerprint density at radius 3 is 2.72 bits per heavy atom. The molecule has 0 radical (unpaired) electrons. The summed E-state index contributed by atoms with van der Waals surface area (Å²) in [5, 5.41) is 0. The smallest absolute Gasteiger partial charge is 0.227 e. The monoisotopic (exact) mass is 545 g/mol. The molecule has 1 aromatic heterocycles. The molecule has 1 atom stereocenters. The van der Waals surface area contributed by atoms with Crippen molar-refractivity contribution in [1.82, 2.24) is 9.55 Å². The summed E-state index contributed by atoms with van der Waals surface area (Å²) in [5.41, 5.74) is 5.46. The molecule has 36 heavy (non-hydrogen) atoms. The molecule has 0 aliphatic carbocycles. The first-order valence-electron chi connectivity index (χ1n) is 12.6. The topological polar surface area (TPSA) is 47.4 Å². The molecular formula is C30H32BrN3O2. The molecule has 2 heterocycles. The van der Waals surface area contributed by atoms with Crippen molar-refractivity contribution in [3.63, 3.8) is 0 Å². The zero-order valence-corrected chi connectivity index (χ0v) is 22.7. The van der Waals surface area contributed by atoms with Crippen LogP contribution in [0.1, 0.15) is 55.5 Å². The maximum absolute atomic E-state index is 13.0. The summed E-state index contributed by atoms with van der Waals surface area (Å²) in [7, 11) is 0. The second-order valence-corrected chi connectivity index (χ2v) is 10.8. The van der Waals surface area contributed by atoms with E-state index in [1.165, 1.54) is 11.1 Å². The highest BCUT2D eigenvalue weighted by molar-refractivity contribution is 9.10. The lowest BCUT2D eigenvalue weighted by Crippen LogP contribution is -2.24. The Bertz CT molecular complexity index is 1390. The zero-order chi connectivity index (χ0) is 25.2. The van der Waals surface area contributed by atoms with E-state index in [1.54, 1.807) is 0 Å². The Hall–Kier alpha value is -3.12. The van der Waals surface area contributed by atoms with Gasteiger partial charge in [0.25, 0.3) is 0 Å². The van der Waals surface area contributed by atoms with Gasteiger partial charge in [0.15, 0.2) is 0 Å². The first kappa shape index (κ1) is 24.6. The lowest BCUT2D eigenvalue weighted by Gasteiger charge is -2.18. The summed E-state index contributed by atoms with van der Waals surface area (Å²) in [6, 6.07) is 22.6. The van der Waals surface area contributed by atoms with Gasteiger partial charge >= 0.3 is 0 Å². The minimum absolute atomic E-state index is 0.0501. The van der Waals surface area contributed by atoms with Crippen LogP contribution in [0.5, 0.6) is 5.75 Å². The second-order valence-electron chi connectivity index (χ2n) is 9.89. The van der Waals surface area contributed by atoms with Crippen molar-refractivity contribution in [1.29, 1.82) is 0 Å². The summed E-state index contributed by atoms with van der Waals surface area (Å²) < 4.78 is 9.52. The van der Waals surface area contributed by atoms with Crippen LogP contribution in [0.2, 0.25) is 0 Å². The van der Waals surface area contributed by atoms with E-state index >= 15 is 0 Å². The first-order valence-corrected chi connectivity index (χ1v) is 13.4. The molecule has 3 aromatic carbocycles. The Morgan fingerprint density at radius 2 is 1.92 bits per heavy atom. The van der Waals surface area contributed by atoms with Gasteiger partial charge in [-0.25, -0.2) is 4.98 Å². The van der Waals surface area contributed by atoms with E-state index < -0.39 is 0 Å². The van der Waals surface area contributed by atoms with Crippen LogP contribution in [0.25, 0.3) is 11.0 Å². The number of hydrogen-bond acceptors (Lipinski definition) is 3.